The van der Waals surface area contributed by atoms with Crippen molar-refractivity contribution in [3.63, 3.8) is 0 Å². The molecular weight excluding hydrogens is 224 g/mol. The van der Waals surface area contributed by atoms with Gasteiger partial charge in [-0.3, -0.25) is 4.79 Å². The lowest BCUT2D eigenvalue weighted by Crippen LogP contribution is -2.32. The minimum Gasteiger partial charge on any atom is -0.474 e. The van der Waals surface area contributed by atoms with Crippen LogP contribution in [0.3, 0.4) is 0 Å². The minimum atomic E-state index is -1.50. The molecule has 0 saturated carbocycles. The standard InChI is InChI=1S/C11H10N2O4/c1-6-12-8-4-3-7(5-9(8)17-6)13(2)10(14)11(15)16/h3-5H,1-2H3,(H,15,16). The van der Waals surface area contributed by atoms with Gasteiger partial charge in [0.25, 0.3) is 0 Å². The molecule has 1 N–H and O–H groups in total. The molecule has 0 atom stereocenters. The predicted octanol–water partition coefficient (Wildman–Crippen LogP) is 1.18. The number of oxazole rings is 1. The Morgan fingerprint density at radius 2 is 2.12 bits per heavy atom. The molecule has 6 nitrogen and oxygen atoms in total. The number of fused-ring (bicyclic) bond motifs is 1. The van der Waals surface area contributed by atoms with Crippen LogP contribution in [0.5, 0.6) is 0 Å². The van der Waals surface area contributed by atoms with Crippen LogP contribution in [0.2, 0.25) is 0 Å². The van der Waals surface area contributed by atoms with Gasteiger partial charge in [0, 0.05) is 25.7 Å². The number of hydrogen-bond donors (Lipinski definition) is 1. The van der Waals surface area contributed by atoms with Crippen molar-refractivity contribution < 1.29 is 19.1 Å². The molecule has 2 aromatic rings. The number of carboxylic acid groups (broad SMARTS) is 1. The minimum absolute atomic E-state index is 0.445. The summed E-state index contributed by atoms with van der Waals surface area (Å²) in [5, 5.41) is 8.60. The van der Waals surface area contributed by atoms with E-state index in [9.17, 15) is 9.59 Å². The number of hydrogen-bond acceptors (Lipinski definition) is 4. The van der Waals surface area contributed by atoms with Crippen LogP contribution in [0.4, 0.5) is 5.69 Å². The molecule has 1 heterocycles. The first-order chi connectivity index (χ1) is 7.99. The normalized spacial score (nSPS) is 10.5. The van der Waals surface area contributed by atoms with E-state index in [2.05, 4.69) is 4.98 Å². The number of amides is 1. The lowest BCUT2D eigenvalue weighted by molar-refractivity contribution is -0.148. The maximum Gasteiger partial charge on any atom is 0.394 e. The number of carbonyl (C=O) groups excluding carboxylic acids is 1. The fourth-order valence-corrected chi connectivity index (χ4v) is 1.50. The first kappa shape index (κ1) is 11.1. The zero-order valence-electron chi connectivity index (χ0n) is 9.30. The predicted molar refractivity (Wildman–Crippen MR) is 59.8 cm³/mol. The van der Waals surface area contributed by atoms with Crippen LogP contribution >= 0.6 is 0 Å². The molecular formula is C11H10N2O4. The average molecular weight is 234 g/mol. The van der Waals surface area contributed by atoms with E-state index in [0.717, 1.165) is 4.90 Å². The van der Waals surface area contributed by atoms with Crippen LogP contribution in [0.1, 0.15) is 5.89 Å². The molecule has 88 valence electrons. The van der Waals surface area contributed by atoms with E-state index >= 15 is 0 Å². The molecule has 0 aliphatic rings. The van der Waals surface area contributed by atoms with Crippen molar-refractivity contribution in [1.82, 2.24) is 4.98 Å². The Labute approximate surface area is 96.5 Å². The van der Waals surface area contributed by atoms with Crippen molar-refractivity contribution in [2.75, 3.05) is 11.9 Å². The zero-order valence-corrected chi connectivity index (χ0v) is 9.30. The van der Waals surface area contributed by atoms with Crippen molar-refractivity contribution in [3.8, 4) is 0 Å². The van der Waals surface area contributed by atoms with E-state index in [0.29, 0.717) is 22.7 Å². The average Bonchev–Trinajstić information content (AvgIpc) is 2.65. The van der Waals surface area contributed by atoms with Gasteiger partial charge in [-0.25, -0.2) is 9.78 Å². The van der Waals surface area contributed by atoms with Gasteiger partial charge in [-0.2, -0.15) is 0 Å². The van der Waals surface area contributed by atoms with Crippen LogP contribution in [0.15, 0.2) is 22.6 Å². The summed E-state index contributed by atoms with van der Waals surface area (Å²) < 4.78 is 5.30. The topological polar surface area (TPSA) is 83.6 Å². The van der Waals surface area contributed by atoms with Crippen LogP contribution in [-0.2, 0) is 9.59 Å². The Bertz CT molecular complexity index is 603. The van der Waals surface area contributed by atoms with Gasteiger partial charge in [0.2, 0.25) is 0 Å². The Morgan fingerprint density at radius 3 is 2.76 bits per heavy atom. The third-order valence-corrected chi connectivity index (χ3v) is 2.35. The molecule has 0 unspecified atom stereocenters. The van der Waals surface area contributed by atoms with E-state index in [1.165, 1.54) is 7.05 Å². The molecule has 1 amide bonds. The summed E-state index contributed by atoms with van der Waals surface area (Å²) in [7, 11) is 1.39. The monoisotopic (exact) mass is 234 g/mol. The molecule has 0 bridgehead atoms. The number of carboxylic acids is 1. The molecule has 1 aromatic carbocycles. The second-order valence-corrected chi connectivity index (χ2v) is 3.55. The van der Waals surface area contributed by atoms with Crippen LogP contribution in [0.25, 0.3) is 11.1 Å². The third-order valence-electron chi connectivity index (χ3n) is 2.35. The molecule has 0 fully saturated rings. The smallest absolute Gasteiger partial charge is 0.394 e. The van der Waals surface area contributed by atoms with Crippen molar-refractivity contribution >= 4 is 28.7 Å². The summed E-state index contributed by atoms with van der Waals surface area (Å²) >= 11 is 0. The lowest BCUT2D eigenvalue weighted by atomic mass is 10.2. The summed E-state index contributed by atoms with van der Waals surface area (Å²) in [6.07, 6.45) is 0. The van der Waals surface area contributed by atoms with Gasteiger partial charge in [-0.1, -0.05) is 0 Å². The highest BCUT2D eigenvalue weighted by Gasteiger charge is 2.19. The number of benzene rings is 1. The number of rotatable bonds is 1. The van der Waals surface area contributed by atoms with Crippen molar-refractivity contribution in [2.24, 2.45) is 0 Å². The van der Waals surface area contributed by atoms with Crippen molar-refractivity contribution in [1.29, 1.82) is 0 Å². The van der Waals surface area contributed by atoms with E-state index in [4.69, 9.17) is 9.52 Å². The Balaban J connectivity index is 2.42. The summed E-state index contributed by atoms with van der Waals surface area (Å²) in [6, 6.07) is 4.87. The zero-order chi connectivity index (χ0) is 12.6. The number of likely N-dealkylation sites (N-methyl/N-ethyl adjacent to an activating group) is 1. The number of aliphatic carboxylic acids is 1. The van der Waals surface area contributed by atoms with Gasteiger partial charge in [0.1, 0.15) is 5.52 Å². The summed E-state index contributed by atoms with van der Waals surface area (Å²) in [4.78, 5) is 27.0. The van der Waals surface area contributed by atoms with Gasteiger partial charge >= 0.3 is 11.9 Å². The molecule has 0 aliphatic heterocycles. The number of aryl methyl sites for hydroxylation is 1. The first-order valence-corrected chi connectivity index (χ1v) is 4.87. The molecule has 0 aliphatic carbocycles. The third kappa shape index (κ3) is 1.96. The number of carbonyl (C=O) groups is 2. The Morgan fingerprint density at radius 1 is 1.41 bits per heavy atom. The largest absolute Gasteiger partial charge is 0.474 e. The SMILES string of the molecule is Cc1nc2ccc(N(C)C(=O)C(=O)O)cc2o1. The highest BCUT2D eigenvalue weighted by molar-refractivity contribution is 6.37. The molecule has 2 rings (SSSR count). The van der Waals surface area contributed by atoms with Gasteiger partial charge in [-0.05, 0) is 12.1 Å². The van der Waals surface area contributed by atoms with E-state index < -0.39 is 11.9 Å². The summed E-state index contributed by atoms with van der Waals surface area (Å²) in [5.74, 6) is -1.98. The summed E-state index contributed by atoms with van der Waals surface area (Å²) in [6.45, 7) is 1.71. The molecule has 0 saturated heterocycles. The maximum atomic E-state index is 11.3. The fraction of sp³-hybridized carbons (Fsp3) is 0.182. The van der Waals surface area contributed by atoms with Crippen molar-refractivity contribution in [2.45, 2.75) is 6.92 Å². The van der Waals surface area contributed by atoms with Crippen LogP contribution in [0, 0.1) is 6.92 Å². The van der Waals surface area contributed by atoms with Crippen molar-refractivity contribution in [3.05, 3.63) is 24.1 Å². The van der Waals surface area contributed by atoms with Crippen LogP contribution in [-0.4, -0.2) is 29.0 Å². The molecule has 1 aromatic heterocycles. The Kier molecular flexibility index (Phi) is 2.55. The second kappa shape index (κ2) is 3.89. The number of aromatic nitrogens is 1. The second-order valence-electron chi connectivity index (χ2n) is 3.55. The van der Waals surface area contributed by atoms with E-state index in [-0.39, 0.29) is 0 Å². The lowest BCUT2D eigenvalue weighted by Gasteiger charge is -2.13. The Hall–Kier alpha value is -2.37. The van der Waals surface area contributed by atoms with Crippen LogP contribution < -0.4 is 4.90 Å². The quantitative estimate of drug-likeness (QED) is 0.749. The molecule has 0 radical (unpaired) electrons. The fourth-order valence-electron chi connectivity index (χ4n) is 1.50. The first-order valence-electron chi connectivity index (χ1n) is 4.87. The number of nitrogens with zero attached hydrogens (tertiary/aromatic N) is 2. The van der Waals surface area contributed by atoms with Gasteiger partial charge < -0.3 is 14.4 Å². The van der Waals surface area contributed by atoms with Gasteiger partial charge in [0.15, 0.2) is 11.5 Å². The molecule has 0 spiro atoms. The molecule has 17 heavy (non-hydrogen) atoms. The van der Waals surface area contributed by atoms with Gasteiger partial charge in [-0.15, -0.1) is 0 Å². The molecule has 6 heteroatoms. The van der Waals surface area contributed by atoms with E-state index in [1.54, 1.807) is 25.1 Å². The summed E-state index contributed by atoms with van der Waals surface area (Å²) in [5.41, 5.74) is 1.63. The highest BCUT2D eigenvalue weighted by atomic mass is 16.4. The van der Waals surface area contributed by atoms with E-state index in [1.807, 2.05) is 0 Å². The number of anilines is 1. The van der Waals surface area contributed by atoms with Gasteiger partial charge in [0.05, 0.1) is 0 Å². The highest BCUT2D eigenvalue weighted by Crippen LogP contribution is 2.22. The maximum absolute atomic E-state index is 11.3.